The Morgan fingerprint density at radius 3 is 1.85 bits per heavy atom. The van der Waals surface area contributed by atoms with Gasteiger partial charge in [-0.3, -0.25) is 0 Å². The number of pyridine rings is 1. The average molecular weight is 851 g/mol. The number of hydrogen-bond acceptors (Lipinski definition) is 4. The number of aromatic nitrogens is 2. The van der Waals surface area contributed by atoms with Crippen molar-refractivity contribution in [3.8, 4) is 33.8 Å². The smallest absolute Gasteiger partial charge is 0.129 e. The van der Waals surface area contributed by atoms with E-state index < -0.39 is 0 Å². The summed E-state index contributed by atoms with van der Waals surface area (Å²) in [5.74, 6) is 1.55. The topological polar surface area (TPSA) is 33.0 Å². The lowest BCUT2D eigenvalue weighted by molar-refractivity contribution is 0.304. The molecule has 0 amide bonds. The van der Waals surface area contributed by atoms with Gasteiger partial charge in [-0.05, 0) is 85.8 Å². The maximum absolute atomic E-state index is 6.82. The second-order valence-electron chi connectivity index (χ2n) is 21.4. The molecule has 2 aromatic heterocycles. The van der Waals surface area contributed by atoms with Crippen LogP contribution in [0, 0.1) is 0 Å². The monoisotopic (exact) mass is 850 g/mol. The minimum atomic E-state index is -0.0969. The van der Waals surface area contributed by atoms with Gasteiger partial charge in [-0.1, -0.05) is 172 Å². The lowest BCUT2D eigenvalue weighted by atomic mass is 9.58. The summed E-state index contributed by atoms with van der Waals surface area (Å²) in [6.07, 6.45) is 2.09. The molecule has 3 heterocycles. The van der Waals surface area contributed by atoms with E-state index in [-0.39, 0.29) is 21.7 Å². The van der Waals surface area contributed by atoms with E-state index in [2.05, 4.69) is 241 Å². The fraction of sp³-hybridized carbons (Fsp3) is 0.250. The highest BCUT2D eigenvalue weighted by atomic mass is 16.5. The highest BCUT2D eigenvalue weighted by molar-refractivity contribution is 6.16. The number of hydrogen-bond donors (Lipinski definition) is 0. The van der Waals surface area contributed by atoms with Crippen molar-refractivity contribution in [2.75, 3.05) is 16.5 Å². The van der Waals surface area contributed by atoms with Gasteiger partial charge in [0.15, 0.2) is 0 Å². The molecule has 2 aliphatic rings. The summed E-state index contributed by atoms with van der Waals surface area (Å²) in [5, 5.41) is 8.80. The van der Waals surface area contributed by atoms with Crippen LogP contribution in [0.15, 0.2) is 158 Å². The van der Waals surface area contributed by atoms with Crippen LogP contribution in [-0.4, -0.2) is 16.3 Å². The van der Waals surface area contributed by atoms with Crippen LogP contribution in [0.5, 0.6) is 11.5 Å². The lowest BCUT2D eigenvalue weighted by Gasteiger charge is -2.45. The van der Waals surface area contributed by atoms with Crippen LogP contribution in [0.2, 0.25) is 0 Å². The first kappa shape index (κ1) is 40.9. The second-order valence-corrected chi connectivity index (χ2v) is 21.4. The highest BCUT2D eigenvalue weighted by Crippen LogP contribution is 2.54. The first-order valence-corrected chi connectivity index (χ1v) is 23.1. The number of anilines is 4. The van der Waals surface area contributed by atoms with Crippen LogP contribution < -0.4 is 14.5 Å². The van der Waals surface area contributed by atoms with E-state index in [1.54, 1.807) is 0 Å². The Kier molecular flexibility index (Phi) is 9.01. The van der Waals surface area contributed by atoms with Crippen molar-refractivity contribution in [2.45, 2.75) is 90.9 Å². The molecule has 0 saturated heterocycles. The molecule has 0 bridgehead atoms. The van der Waals surface area contributed by atoms with Crippen molar-refractivity contribution in [1.82, 2.24) is 9.61 Å². The number of ether oxygens (including phenoxy) is 1. The second kappa shape index (κ2) is 14.3. The molecule has 0 spiro atoms. The maximum Gasteiger partial charge on any atom is 0.129 e. The first-order valence-electron chi connectivity index (χ1n) is 23.1. The van der Waals surface area contributed by atoms with Gasteiger partial charge in [0.2, 0.25) is 0 Å². The zero-order chi connectivity index (χ0) is 45.2. The zero-order valence-electron chi connectivity index (χ0n) is 39.4. The van der Waals surface area contributed by atoms with E-state index in [9.17, 15) is 0 Å². The van der Waals surface area contributed by atoms with E-state index >= 15 is 0 Å². The Morgan fingerprint density at radius 1 is 0.523 bits per heavy atom. The molecule has 5 nitrogen and oxygen atoms in total. The van der Waals surface area contributed by atoms with Gasteiger partial charge in [0.25, 0.3) is 0 Å². The van der Waals surface area contributed by atoms with Crippen LogP contribution in [0.3, 0.4) is 0 Å². The average Bonchev–Trinajstić information content (AvgIpc) is 3.92. The highest BCUT2D eigenvalue weighted by Gasteiger charge is 2.46. The van der Waals surface area contributed by atoms with Crippen molar-refractivity contribution in [3.63, 3.8) is 0 Å². The minimum absolute atomic E-state index is 0.0147. The van der Waals surface area contributed by atoms with Crippen molar-refractivity contribution in [3.05, 3.63) is 180 Å². The van der Waals surface area contributed by atoms with Crippen LogP contribution in [0.4, 0.5) is 22.7 Å². The molecule has 1 aliphatic heterocycles. The minimum Gasteiger partial charge on any atom is -0.457 e. The maximum atomic E-state index is 6.82. The van der Waals surface area contributed by atoms with E-state index in [1.165, 1.54) is 77.6 Å². The van der Waals surface area contributed by atoms with Crippen molar-refractivity contribution < 1.29 is 4.74 Å². The first-order chi connectivity index (χ1) is 31.0. The predicted octanol–water partition coefficient (Wildman–Crippen LogP) is 16.2. The normalized spacial score (nSPS) is 15.4. The molecule has 0 unspecified atom stereocenters. The molecule has 0 N–H and O–H groups in total. The molecule has 1 aliphatic carbocycles. The summed E-state index contributed by atoms with van der Waals surface area (Å²) in [5.41, 5.74) is 16.8. The number of para-hydroxylation sites is 3. The molecule has 0 saturated carbocycles. The predicted molar refractivity (Wildman–Crippen MR) is 273 cm³/mol. The quantitative estimate of drug-likeness (QED) is 0.156. The van der Waals surface area contributed by atoms with E-state index in [1.807, 2.05) is 0 Å². The summed E-state index contributed by atoms with van der Waals surface area (Å²) < 4.78 is 8.97. The molecule has 0 atom stereocenters. The van der Waals surface area contributed by atoms with Crippen LogP contribution in [-0.2, 0) is 21.7 Å². The number of fused-ring (bicyclic) bond motifs is 4. The van der Waals surface area contributed by atoms with Gasteiger partial charge in [0, 0.05) is 50.7 Å². The van der Waals surface area contributed by atoms with Crippen LogP contribution in [0.1, 0.15) is 91.5 Å². The van der Waals surface area contributed by atoms with Gasteiger partial charge in [0.1, 0.15) is 18.2 Å². The van der Waals surface area contributed by atoms with Crippen LogP contribution in [0.25, 0.3) is 49.4 Å². The summed E-state index contributed by atoms with van der Waals surface area (Å²) in [6.45, 7) is 24.0. The molecule has 9 aromatic rings. The summed E-state index contributed by atoms with van der Waals surface area (Å²) in [4.78, 5) is 4.93. The molecular formula is C60H58N4O. The number of rotatable bonds is 6. The summed E-state index contributed by atoms with van der Waals surface area (Å²) in [6, 6.07) is 55.5. The van der Waals surface area contributed by atoms with E-state index in [0.29, 0.717) is 6.67 Å². The molecule has 65 heavy (non-hydrogen) atoms. The van der Waals surface area contributed by atoms with Gasteiger partial charge < -0.3 is 14.5 Å². The summed E-state index contributed by atoms with van der Waals surface area (Å²) >= 11 is 0. The third-order valence-corrected chi connectivity index (χ3v) is 14.9. The van der Waals surface area contributed by atoms with Gasteiger partial charge in [0.05, 0.1) is 34.3 Å². The van der Waals surface area contributed by atoms with Crippen molar-refractivity contribution >= 4 is 49.9 Å². The largest absolute Gasteiger partial charge is 0.457 e. The Bertz CT molecular complexity index is 3330. The zero-order valence-corrected chi connectivity index (χ0v) is 39.4. The Labute approximate surface area is 383 Å². The molecule has 5 heteroatoms. The van der Waals surface area contributed by atoms with Crippen molar-refractivity contribution in [2.24, 2.45) is 0 Å². The fourth-order valence-corrected chi connectivity index (χ4v) is 10.5. The Hall–Kier alpha value is -6.85. The molecule has 324 valence electrons. The van der Waals surface area contributed by atoms with Gasteiger partial charge in [-0.15, -0.1) is 0 Å². The third-order valence-electron chi connectivity index (χ3n) is 14.9. The molecule has 11 rings (SSSR count). The molecule has 7 aromatic carbocycles. The lowest BCUT2D eigenvalue weighted by Crippen LogP contribution is -2.42. The molecule has 0 fully saturated rings. The van der Waals surface area contributed by atoms with Gasteiger partial charge in [-0.25, -0.2) is 4.52 Å². The van der Waals surface area contributed by atoms with Crippen molar-refractivity contribution in [1.29, 1.82) is 0 Å². The SMILES string of the molecule is CC(C)(C)c1cc(-c2cccc(-c3ccccc3)c2N2CN(c3cccc(Oc4ccc5c6cccc7c6c6c(cnn6c5c4)C(C)(C)C7(C)C)c3)c3ccccc32)cc(C(C)(C)C)c1. The Balaban J connectivity index is 1.00. The number of nitrogens with zero attached hydrogens (tertiary/aromatic N) is 4. The standard InChI is InChI=1S/C60H58N4O/c1-57(2,3)40-31-39(32-41(33-40)58(4,5)6)46-24-17-23-45(38-19-12-11-13-20-38)55(46)63-37-62(51-27-14-15-28-52(51)63)42-21-16-22-43(34-42)65-44-29-30-47-48-25-18-26-49-54(48)56-50(60(9,10)59(49,7)8)36-61-64(56)53(47)35-44/h11-36H,37H2,1-10H3. The molecule has 0 radical (unpaired) electrons. The summed E-state index contributed by atoms with van der Waals surface area (Å²) in [7, 11) is 0. The van der Waals surface area contributed by atoms with Crippen LogP contribution >= 0.6 is 0 Å². The fourth-order valence-electron chi connectivity index (χ4n) is 10.5. The van der Waals surface area contributed by atoms with E-state index in [4.69, 9.17) is 9.84 Å². The van der Waals surface area contributed by atoms with Gasteiger partial charge in [-0.2, -0.15) is 5.10 Å². The Morgan fingerprint density at radius 2 is 1.14 bits per heavy atom. The van der Waals surface area contributed by atoms with Gasteiger partial charge >= 0.3 is 0 Å². The molecular weight excluding hydrogens is 793 g/mol. The van der Waals surface area contributed by atoms with E-state index in [0.717, 1.165) is 28.4 Å². The third kappa shape index (κ3) is 6.37. The number of benzene rings is 7.